The second-order valence-corrected chi connectivity index (χ2v) is 6.69. The smallest absolute Gasteiger partial charge is 0.271 e. The minimum absolute atomic E-state index is 0.00692. The summed E-state index contributed by atoms with van der Waals surface area (Å²) in [6, 6.07) is 12.2. The van der Waals surface area contributed by atoms with Crippen LogP contribution in [0.3, 0.4) is 0 Å². The van der Waals surface area contributed by atoms with E-state index < -0.39 is 5.82 Å². The molecule has 0 saturated heterocycles. The lowest BCUT2D eigenvalue weighted by Crippen LogP contribution is -2.18. The van der Waals surface area contributed by atoms with Crippen LogP contribution >= 0.6 is 11.6 Å². The van der Waals surface area contributed by atoms with Crippen molar-refractivity contribution >= 4 is 34.7 Å². The van der Waals surface area contributed by atoms with Gasteiger partial charge in [-0.15, -0.1) is 0 Å². The fourth-order valence-electron chi connectivity index (χ4n) is 3.14. The van der Waals surface area contributed by atoms with Crippen molar-refractivity contribution in [1.82, 2.24) is 19.7 Å². The van der Waals surface area contributed by atoms with Gasteiger partial charge in [-0.05, 0) is 17.7 Å². The molecule has 0 atom stereocenters. The number of imidazole rings is 1. The molecule has 2 aromatic heterocycles. The molecule has 0 aliphatic heterocycles. The van der Waals surface area contributed by atoms with Crippen molar-refractivity contribution in [2.75, 3.05) is 19.5 Å². The topological polar surface area (TPSA) is 80.6 Å². The molecule has 2 N–H and O–H groups in total. The monoisotopic (exact) mass is 425 g/mol. The molecule has 2 heterocycles. The van der Waals surface area contributed by atoms with Gasteiger partial charge in [0.1, 0.15) is 22.9 Å². The average molecular weight is 426 g/mol. The fraction of sp³-hybridized carbons (Fsp3) is 0.0952. The number of hydrogen-bond donors (Lipinski definition) is 2. The van der Waals surface area contributed by atoms with E-state index in [1.807, 2.05) is 30.3 Å². The predicted octanol–water partition coefficient (Wildman–Crippen LogP) is 4.30. The third-order valence-electron chi connectivity index (χ3n) is 4.61. The molecule has 0 fully saturated rings. The average Bonchev–Trinajstić information content (AvgIpc) is 3.22. The fourth-order valence-corrected chi connectivity index (χ4v) is 3.42. The first-order chi connectivity index (χ1) is 14.5. The molecule has 30 heavy (non-hydrogen) atoms. The number of methoxy groups -OCH3 is 1. The van der Waals surface area contributed by atoms with Gasteiger partial charge in [0.2, 0.25) is 5.95 Å². The first kappa shape index (κ1) is 19.7. The SMILES string of the molecule is CNC(=O)c1ncn2c(Nc3c(F)ccc(OC)c3Cl)ncc(-c3ccccc3)c12. The number of benzene rings is 2. The van der Waals surface area contributed by atoms with E-state index in [-0.39, 0.29) is 28.3 Å². The molecule has 7 nitrogen and oxygen atoms in total. The van der Waals surface area contributed by atoms with E-state index in [0.29, 0.717) is 16.8 Å². The highest BCUT2D eigenvalue weighted by Gasteiger charge is 2.21. The quantitative estimate of drug-likeness (QED) is 0.498. The zero-order valence-corrected chi connectivity index (χ0v) is 16.9. The number of carbonyl (C=O) groups is 1. The lowest BCUT2D eigenvalue weighted by atomic mass is 10.1. The van der Waals surface area contributed by atoms with Gasteiger partial charge in [0.15, 0.2) is 5.69 Å². The number of nitrogens with one attached hydrogen (secondary N) is 2. The van der Waals surface area contributed by atoms with Crippen molar-refractivity contribution in [3.05, 3.63) is 71.5 Å². The number of aromatic nitrogens is 3. The van der Waals surface area contributed by atoms with Crippen LogP contribution in [0.25, 0.3) is 16.6 Å². The van der Waals surface area contributed by atoms with Gasteiger partial charge in [0.25, 0.3) is 5.91 Å². The summed E-state index contributed by atoms with van der Waals surface area (Å²) in [5, 5.41) is 5.56. The van der Waals surface area contributed by atoms with Crippen LogP contribution in [-0.4, -0.2) is 34.4 Å². The van der Waals surface area contributed by atoms with Crippen LogP contribution in [0.1, 0.15) is 10.5 Å². The van der Waals surface area contributed by atoms with Gasteiger partial charge < -0.3 is 15.4 Å². The summed E-state index contributed by atoms with van der Waals surface area (Å²) in [6.07, 6.45) is 3.06. The second-order valence-electron chi connectivity index (χ2n) is 6.32. The molecule has 4 rings (SSSR count). The lowest BCUT2D eigenvalue weighted by molar-refractivity contribution is 0.0960. The predicted molar refractivity (Wildman–Crippen MR) is 113 cm³/mol. The summed E-state index contributed by atoms with van der Waals surface area (Å²) in [4.78, 5) is 21.1. The molecule has 0 saturated carbocycles. The molecule has 9 heteroatoms. The highest BCUT2D eigenvalue weighted by molar-refractivity contribution is 6.34. The first-order valence-electron chi connectivity index (χ1n) is 8.97. The number of carbonyl (C=O) groups excluding carboxylic acids is 1. The van der Waals surface area contributed by atoms with Gasteiger partial charge >= 0.3 is 0 Å². The largest absolute Gasteiger partial charge is 0.495 e. The molecule has 0 aliphatic carbocycles. The third kappa shape index (κ3) is 3.31. The summed E-state index contributed by atoms with van der Waals surface area (Å²) >= 11 is 6.28. The molecule has 0 bridgehead atoms. The van der Waals surface area contributed by atoms with Crippen LogP contribution in [0.15, 0.2) is 55.0 Å². The van der Waals surface area contributed by atoms with E-state index in [0.717, 1.165) is 5.56 Å². The van der Waals surface area contributed by atoms with Crippen molar-refractivity contribution in [1.29, 1.82) is 0 Å². The first-order valence-corrected chi connectivity index (χ1v) is 9.35. The molecule has 152 valence electrons. The van der Waals surface area contributed by atoms with Gasteiger partial charge in [-0.3, -0.25) is 9.20 Å². The molecule has 0 radical (unpaired) electrons. The van der Waals surface area contributed by atoms with Crippen LogP contribution in [0, 0.1) is 5.82 Å². The van der Waals surface area contributed by atoms with Gasteiger partial charge in [0, 0.05) is 18.8 Å². The van der Waals surface area contributed by atoms with Gasteiger partial charge in [-0.2, -0.15) is 0 Å². The minimum atomic E-state index is -0.575. The van der Waals surface area contributed by atoms with Crippen molar-refractivity contribution in [2.45, 2.75) is 0 Å². The summed E-state index contributed by atoms with van der Waals surface area (Å²) in [7, 11) is 2.97. The highest BCUT2D eigenvalue weighted by Crippen LogP contribution is 2.36. The minimum Gasteiger partial charge on any atom is -0.495 e. The molecular formula is C21H17ClFN5O2. The molecule has 0 aliphatic rings. The third-order valence-corrected chi connectivity index (χ3v) is 4.98. The number of ether oxygens (including phenoxy) is 1. The molecule has 2 aromatic carbocycles. The Hall–Kier alpha value is -3.65. The Morgan fingerprint density at radius 2 is 1.93 bits per heavy atom. The van der Waals surface area contributed by atoms with Gasteiger partial charge in [-0.1, -0.05) is 41.9 Å². The van der Waals surface area contributed by atoms with Crippen LogP contribution < -0.4 is 15.4 Å². The van der Waals surface area contributed by atoms with Crippen LogP contribution in [0.2, 0.25) is 5.02 Å². The summed E-state index contributed by atoms with van der Waals surface area (Å²) in [5.74, 6) is -0.372. The summed E-state index contributed by atoms with van der Waals surface area (Å²) in [6.45, 7) is 0. The zero-order chi connectivity index (χ0) is 21.3. The molecule has 4 aromatic rings. The Morgan fingerprint density at radius 3 is 2.63 bits per heavy atom. The number of rotatable bonds is 5. The van der Waals surface area contributed by atoms with Crippen molar-refractivity contribution in [3.63, 3.8) is 0 Å². The van der Waals surface area contributed by atoms with E-state index in [1.165, 1.54) is 32.6 Å². The molecule has 1 amide bonds. The summed E-state index contributed by atoms with van der Waals surface area (Å²) < 4.78 is 21.2. The number of amides is 1. The summed E-state index contributed by atoms with van der Waals surface area (Å²) in [5.41, 5.74) is 2.32. The number of fused-ring (bicyclic) bond motifs is 1. The van der Waals surface area contributed by atoms with E-state index in [1.54, 1.807) is 10.6 Å². The molecule has 0 spiro atoms. The number of hydrogen-bond acceptors (Lipinski definition) is 5. The van der Waals surface area contributed by atoms with Crippen molar-refractivity contribution < 1.29 is 13.9 Å². The van der Waals surface area contributed by atoms with E-state index >= 15 is 0 Å². The number of nitrogens with zero attached hydrogens (tertiary/aromatic N) is 3. The Labute approximate surface area is 176 Å². The van der Waals surface area contributed by atoms with Crippen molar-refractivity contribution in [3.8, 4) is 16.9 Å². The Balaban J connectivity index is 1.92. The number of anilines is 2. The highest BCUT2D eigenvalue weighted by atomic mass is 35.5. The van der Waals surface area contributed by atoms with Gasteiger partial charge in [0.05, 0.1) is 18.3 Å². The maximum absolute atomic E-state index is 14.5. The van der Waals surface area contributed by atoms with Crippen LogP contribution in [0.5, 0.6) is 5.75 Å². The maximum atomic E-state index is 14.5. The van der Waals surface area contributed by atoms with Crippen molar-refractivity contribution in [2.24, 2.45) is 0 Å². The zero-order valence-electron chi connectivity index (χ0n) is 16.1. The van der Waals surface area contributed by atoms with Crippen LogP contribution in [-0.2, 0) is 0 Å². The molecule has 0 unspecified atom stereocenters. The molecular weight excluding hydrogens is 409 g/mol. The van der Waals surface area contributed by atoms with Crippen LogP contribution in [0.4, 0.5) is 16.0 Å². The van der Waals surface area contributed by atoms with E-state index in [9.17, 15) is 9.18 Å². The van der Waals surface area contributed by atoms with Gasteiger partial charge in [-0.25, -0.2) is 14.4 Å². The maximum Gasteiger partial charge on any atom is 0.271 e. The van der Waals surface area contributed by atoms with E-state index in [2.05, 4.69) is 20.6 Å². The Kier molecular flexibility index (Phi) is 5.24. The van der Waals surface area contributed by atoms with E-state index in [4.69, 9.17) is 16.3 Å². The second kappa shape index (κ2) is 8.00. The Morgan fingerprint density at radius 1 is 1.17 bits per heavy atom. The Bertz CT molecular complexity index is 1240. The standard InChI is InChI=1S/C21H17ClFN5O2/c1-24-20(29)18-19-13(12-6-4-3-5-7-12)10-25-21(28(19)11-26-18)27-17-14(23)8-9-15(30-2)16(17)22/h3-11H,1-2H3,(H,24,29)(H,25,27). The normalized spacial score (nSPS) is 10.8. The lowest BCUT2D eigenvalue weighted by Gasteiger charge is -2.14. The number of halogens is 2.